The molecule has 260 valence electrons. The Hall–Kier alpha value is -5.36. The zero-order valence-corrected chi connectivity index (χ0v) is 28.4. The summed E-state index contributed by atoms with van der Waals surface area (Å²) < 4.78 is 52.9. The number of methoxy groups -OCH3 is 1. The Balaban J connectivity index is 1.08. The average molecular weight is 711 g/mol. The summed E-state index contributed by atoms with van der Waals surface area (Å²) >= 11 is 6.19. The van der Waals surface area contributed by atoms with E-state index in [1.807, 2.05) is 6.07 Å². The van der Waals surface area contributed by atoms with Gasteiger partial charge in [-0.15, -0.1) is 0 Å². The Morgan fingerprint density at radius 2 is 1.76 bits per heavy atom. The molecule has 3 heterocycles. The van der Waals surface area contributed by atoms with Crippen LogP contribution in [0.1, 0.15) is 16.8 Å². The molecule has 12 heteroatoms. The highest BCUT2D eigenvalue weighted by molar-refractivity contribution is 6.30. The van der Waals surface area contributed by atoms with Crippen LogP contribution in [0.5, 0.6) is 23.0 Å². The Morgan fingerprint density at radius 3 is 2.57 bits per heavy atom. The molecule has 7 rings (SSSR count). The topological polar surface area (TPSA) is 95.0 Å². The van der Waals surface area contributed by atoms with Gasteiger partial charge in [-0.25, -0.2) is 13.8 Å². The van der Waals surface area contributed by atoms with E-state index in [0.29, 0.717) is 61.9 Å². The van der Waals surface area contributed by atoms with Crippen molar-refractivity contribution < 1.29 is 32.5 Å². The average Bonchev–Trinajstić information content (AvgIpc) is 3.14. The number of amides is 1. The summed E-state index contributed by atoms with van der Waals surface area (Å²) in [6.45, 7) is 4.75. The molecule has 0 saturated carbocycles. The number of nitrogens with zero attached hydrogens (tertiary/aromatic N) is 3. The molecule has 6 aromatic rings. The fourth-order valence-corrected chi connectivity index (χ4v) is 6.13. The molecule has 0 bridgehead atoms. The van der Waals surface area contributed by atoms with Gasteiger partial charge >= 0.3 is 0 Å². The number of carbonyl (C=O) groups excluding carboxylic acids is 1. The van der Waals surface area contributed by atoms with Gasteiger partial charge in [-0.2, -0.15) is 0 Å². The SMILES string of the molecule is COc1cc2c(Oc3ccc(NC(=O)c4cc(-c5cccc(Cl)c5)nc5ccc(F)cc45)cc3F)ccnc2cc1OCCCN1CCOCC1. The van der Waals surface area contributed by atoms with E-state index < -0.39 is 17.5 Å². The molecule has 51 heavy (non-hydrogen) atoms. The summed E-state index contributed by atoms with van der Waals surface area (Å²) in [5, 5.41) is 4.13. The van der Waals surface area contributed by atoms with Crippen molar-refractivity contribution in [2.24, 2.45) is 0 Å². The maximum absolute atomic E-state index is 15.5. The van der Waals surface area contributed by atoms with Crippen molar-refractivity contribution in [3.8, 4) is 34.3 Å². The van der Waals surface area contributed by atoms with Gasteiger partial charge in [0.1, 0.15) is 11.6 Å². The number of anilines is 1. The minimum Gasteiger partial charge on any atom is -0.493 e. The van der Waals surface area contributed by atoms with Gasteiger partial charge in [0.25, 0.3) is 5.91 Å². The number of pyridine rings is 2. The van der Waals surface area contributed by atoms with Gasteiger partial charge in [0.2, 0.25) is 0 Å². The number of nitrogens with one attached hydrogen (secondary N) is 1. The molecule has 1 aliphatic rings. The minimum atomic E-state index is -0.713. The number of aromatic nitrogens is 2. The van der Waals surface area contributed by atoms with E-state index in [1.54, 1.807) is 55.8 Å². The number of rotatable bonds is 11. The summed E-state index contributed by atoms with van der Waals surface area (Å²) in [5.41, 5.74) is 2.48. The van der Waals surface area contributed by atoms with Crippen LogP contribution in [0.2, 0.25) is 5.02 Å². The summed E-state index contributed by atoms with van der Waals surface area (Å²) in [6.07, 6.45) is 2.41. The first-order valence-corrected chi connectivity index (χ1v) is 16.8. The molecule has 1 aliphatic heterocycles. The maximum atomic E-state index is 15.5. The Bertz CT molecular complexity index is 2230. The number of halogens is 3. The Kier molecular flexibility index (Phi) is 10.2. The van der Waals surface area contributed by atoms with Crippen LogP contribution in [0.15, 0.2) is 91.1 Å². The van der Waals surface area contributed by atoms with Crippen molar-refractivity contribution in [3.05, 3.63) is 113 Å². The summed E-state index contributed by atoms with van der Waals surface area (Å²) in [4.78, 5) is 25.0. The van der Waals surface area contributed by atoms with E-state index in [0.717, 1.165) is 45.3 Å². The second kappa shape index (κ2) is 15.3. The third-order valence-electron chi connectivity index (χ3n) is 8.51. The molecule has 0 unspecified atom stereocenters. The number of hydrogen-bond donors (Lipinski definition) is 1. The second-order valence-corrected chi connectivity index (χ2v) is 12.4. The molecule has 0 atom stereocenters. The van der Waals surface area contributed by atoms with E-state index in [4.69, 9.17) is 30.5 Å². The van der Waals surface area contributed by atoms with Crippen molar-refractivity contribution in [1.82, 2.24) is 14.9 Å². The largest absolute Gasteiger partial charge is 0.493 e. The monoisotopic (exact) mass is 710 g/mol. The molecule has 2 aromatic heterocycles. The maximum Gasteiger partial charge on any atom is 0.256 e. The third kappa shape index (κ3) is 7.86. The summed E-state index contributed by atoms with van der Waals surface area (Å²) in [6, 6.07) is 21.9. The van der Waals surface area contributed by atoms with Crippen LogP contribution >= 0.6 is 11.6 Å². The number of hydrogen-bond acceptors (Lipinski definition) is 8. The van der Waals surface area contributed by atoms with Crippen LogP contribution < -0.4 is 19.5 Å². The quantitative estimate of drug-likeness (QED) is 0.134. The highest BCUT2D eigenvalue weighted by Crippen LogP contribution is 2.38. The standard InChI is InChI=1S/C39H33ClF2N4O5/c1-48-37-22-30-34(23-38(37)50-15-3-12-46-13-16-49-17-14-46)43-11-10-35(30)51-36-9-7-27(20-31(36)42)44-39(47)29-21-33(24-4-2-5-25(40)18-24)45-32-8-6-26(41)19-28(29)32/h2,4-11,18-23H,3,12-17H2,1H3,(H,44,47). The van der Waals surface area contributed by atoms with E-state index >= 15 is 4.39 Å². The zero-order chi connectivity index (χ0) is 35.3. The first-order valence-electron chi connectivity index (χ1n) is 16.4. The van der Waals surface area contributed by atoms with Crippen LogP contribution in [-0.2, 0) is 4.74 Å². The molecule has 1 amide bonds. The van der Waals surface area contributed by atoms with Crippen LogP contribution in [0.4, 0.5) is 14.5 Å². The van der Waals surface area contributed by atoms with Gasteiger partial charge in [-0.1, -0.05) is 23.7 Å². The predicted octanol–water partition coefficient (Wildman–Crippen LogP) is 8.54. The van der Waals surface area contributed by atoms with E-state index in [-0.39, 0.29) is 17.0 Å². The van der Waals surface area contributed by atoms with E-state index in [9.17, 15) is 9.18 Å². The zero-order valence-electron chi connectivity index (χ0n) is 27.6. The highest BCUT2D eigenvalue weighted by Gasteiger charge is 2.18. The normalized spacial score (nSPS) is 13.3. The van der Waals surface area contributed by atoms with Crippen molar-refractivity contribution in [1.29, 1.82) is 0 Å². The third-order valence-corrected chi connectivity index (χ3v) is 8.75. The van der Waals surface area contributed by atoms with Gasteiger partial charge in [0.15, 0.2) is 23.1 Å². The molecule has 0 radical (unpaired) electrons. The second-order valence-electron chi connectivity index (χ2n) is 11.9. The lowest BCUT2D eigenvalue weighted by Crippen LogP contribution is -2.37. The summed E-state index contributed by atoms with van der Waals surface area (Å²) in [7, 11) is 1.55. The number of carbonyl (C=O) groups is 1. The van der Waals surface area contributed by atoms with Crippen LogP contribution in [0.3, 0.4) is 0 Å². The highest BCUT2D eigenvalue weighted by atomic mass is 35.5. The van der Waals surface area contributed by atoms with Gasteiger partial charge in [-0.3, -0.25) is 14.7 Å². The van der Waals surface area contributed by atoms with Crippen molar-refractivity contribution in [3.63, 3.8) is 0 Å². The molecule has 0 spiro atoms. The van der Waals surface area contributed by atoms with Crippen molar-refractivity contribution in [2.75, 3.05) is 51.9 Å². The number of benzene rings is 4. The fourth-order valence-electron chi connectivity index (χ4n) is 5.94. The van der Waals surface area contributed by atoms with Crippen molar-refractivity contribution in [2.45, 2.75) is 6.42 Å². The van der Waals surface area contributed by atoms with Gasteiger partial charge in [0.05, 0.1) is 49.2 Å². The fraction of sp³-hybridized carbons (Fsp3) is 0.205. The van der Waals surface area contributed by atoms with Crippen LogP contribution in [-0.4, -0.2) is 67.3 Å². The minimum absolute atomic E-state index is 0.0671. The molecule has 9 nitrogen and oxygen atoms in total. The summed E-state index contributed by atoms with van der Waals surface area (Å²) in [5.74, 6) is -0.481. The molecule has 0 aliphatic carbocycles. The number of fused-ring (bicyclic) bond motifs is 2. The lowest BCUT2D eigenvalue weighted by atomic mass is 10.0. The molecule has 4 aromatic carbocycles. The van der Waals surface area contributed by atoms with Crippen LogP contribution in [0.25, 0.3) is 33.1 Å². The molecular formula is C39H33ClF2N4O5. The van der Waals surface area contributed by atoms with Gasteiger partial charge < -0.3 is 24.3 Å². The van der Waals surface area contributed by atoms with Gasteiger partial charge in [0, 0.05) is 65.0 Å². The predicted molar refractivity (Wildman–Crippen MR) is 192 cm³/mol. The van der Waals surface area contributed by atoms with E-state index in [1.165, 1.54) is 30.3 Å². The number of ether oxygens (including phenoxy) is 4. The first kappa shape index (κ1) is 34.1. The van der Waals surface area contributed by atoms with Crippen molar-refractivity contribution >= 4 is 45.0 Å². The van der Waals surface area contributed by atoms with E-state index in [2.05, 4.69) is 20.2 Å². The molecule has 1 N–H and O–H groups in total. The first-order chi connectivity index (χ1) is 24.8. The molecule has 1 saturated heterocycles. The molecular weight excluding hydrogens is 678 g/mol. The lowest BCUT2D eigenvalue weighted by Gasteiger charge is -2.26. The Morgan fingerprint density at radius 1 is 0.902 bits per heavy atom. The lowest BCUT2D eigenvalue weighted by molar-refractivity contribution is 0.0357. The number of morpholine rings is 1. The molecule has 1 fully saturated rings. The van der Waals surface area contributed by atoms with Crippen LogP contribution in [0, 0.1) is 11.6 Å². The Labute approximate surface area is 297 Å². The smallest absolute Gasteiger partial charge is 0.256 e. The van der Waals surface area contributed by atoms with Gasteiger partial charge in [-0.05, 0) is 67.1 Å².